The number of nitrogens with zero attached hydrogens (tertiary/aromatic N) is 1. The fraction of sp³-hybridized carbons (Fsp3) is 0.133. The van der Waals surface area contributed by atoms with Gasteiger partial charge >= 0.3 is 0 Å². The second-order valence-corrected chi connectivity index (χ2v) is 4.67. The Hall–Kier alpha value is -2.09. The van der Waals surface area contributed by atoms with Crippen LogP contribution >= 0.6 is 11.6 Å². The lowest BCUT2D eigenvalue weighted by molar-refractivity contribution is 0.276. The van der Waals surface area contributed by atoms with Crippen LogP contribution in [0.4, 0.5) is 10.1 Å². The fourth-order valence-corrected chi connectivity index (χ4v) is 1.98. The molecule has 2 aromatic carbocycles. The third-order valence-corrected chi connectivity index (χ3v) is 3.14. The molecule has 2 aromatic rings. The van der Waals surface area contributed by atoms with E-state index in [1.807, 2.05) is 6.07 Å². The standard InChI is InChI=1S/C15H12ClFN2O/c16-12-3-1-10(2-4-12)15(9-20)19-14-6-5-13(17)7-11(14)8-18/h1-7,15,19-20H,9H2. The molecule has 1 unspecified atom stereocenters. The number of benzene rings is 2. The number of hydrogen-bond acceptors (Lipinski definition) is 3. The third-order valence-electron chi connectivity index (χ3n) is 2.89. The van der Waals surface area contributed by atoms with Crippen molar-refractivity contribution in [1.82, 2.24) is 0 Å². The van der Waals surface area contributed by atoms with Gasteiger partial charge in [0, 0.05) is 5.02 Å². The second kappa shape index (κ2) is 6.38. The zero-order chi connectivity index (χ0) is 14.5. The maximum absolute atomic E-state index is 13.1. The maximum atomic E-state index is 13.1. The van der Waals surface area contributed by atoms with E-state index in [-0.39, 0.29) is 12.2 Å². The lowest BCUT2D eigenvalue weighted by Crippen LogP contribution is -2.15. The first kappa shape index (κ1) is 14.3. The van der Waals surface area contributed by atoms with E-state index in [0.29, 0.717) is 10.7 Å². The molecular weight excluding hydrogens is 279 g/mol. The van der Waals surface area contributed by atoms with Crippen molar-refractivity contribution >= 4 is 17.3 Å². The molecule has 20 heavy (non-hydrogen) atoms. The number of hydrogen-bond donors (Lipinski definition) is 2. The van der Waals surface area contributed by atoms with Crippen LogP contribution in [0.1, 0.15) is 17.2 Å². The Balaban J connectivity index is 2.27. The second-order valence-electron chi connectivity index (χ2n) is 4.23. The summed E-state index contributed by atoms with van der Waals surface area (Å²) < 4.78 is 13.1. The summed E-state index contributed by atoms with van der Waals surface area (Å²) in [6, 6.07) is 12.4. The topological polar surface area (TPSA) is 56.0 Å². The molecule has 0 heterocycles. The number of nitrogens with one attached hydrogen (secondary N) is 1. The molecule has 0 amide bonds. The van der Waals surface area contributed by atoms with E-state index in [1.165, 1.54) is 12.1 Å². The fourth-order valence-electron chi connectivity index (χ4n) is 1.85. The molecule has 0 saturated heterocycles. The largest absolute Gasteiger partial charge is 0.394 e. The Morgan fingerprint density at radius 1 is 1.25 bits per heavy atom. The van der Waals surface area contributed by atoms with Crippen LogP contribution in [0.15, 0.2) is 42.5 Å². The summed E-state index contributed by atoms with van der Waals surface area (Å²) in [4.78, 5) is 0. The number of aliphatic hydroxyl groups is 1. The summed E-state index contributed by atoms with van der Waals surface area (Å²) >= 11 is 5.82. The van der Waals surface area contributed by atoms with Gasteiger partial charge in [0.25, 0.3) is 0 Å². The van der Waals surface area contributed by atoms with Gasteiger partial charge in [0.05, 0.1) is 23.9 Å². The molecule has 2 N–H and O–H groups in total. The van der Waals surface area contributed by atoms with Gasteiger partial charge < -0.3 is 10.4 Å². The number of halogens is 2. The Morgan fingerprint density at radius 2 is 1.95 bits per heavy atom. The molecule has 0 aliphatic carbocycles. The van der Waals surface area contributed by atoms with Crippen LogP contribution in [0.2, 0.25) is 5.02 Å². The molecule has 2 rings (SSSR count). The smallest absolute Gasteiger partial charge is 0.124 e. The van der Waals surface area contributed by atoms with Gasteiger partial charge in [-0.3, -0.25) is 0 Å². The van der Waals surface area contributed by atoms with Crippen LogP contribution in [0.5, 0.6) is 0 Å². The summed E-state index contributed by atoms with van der Waals surface area (Å²) in [5.74, 6) is -0.473. The van der Waals surface area contributed by atoms with E-state index in [2.05, 4.69) is 5.32 Å². The van der Waals surface area contributed by atoms with Crippen molar-refractivity contribution in [2.45, 2.75) is 6.04 Å². The van der Waals surface area contributed by atoms with Gasteiger partial charge in [0.1, 0.15) is 11.9 Å². The van der Waals surface area contributed by atoms with E-state index in [1.54, 1.807) is 24.3 Å². The van der Waals surface area contributed by atoms with Crippen LogP contribution in [0, 0.1) is 17.1 Å². The minimum atomic E-state index is -0.473. The highest BCUT2D eigenvalue weighted by atomic mass is 35.5. The molecule has 3 nitrogen and oxygen atoms in total. The van der Waals surface area contributed by atoms with Crippen LogP contribution in [0.3, 0.4) is 0 Å². The van der Waals surface area contributed by atoms with Gasteiger partial charge in [0.15, 0.2) is 0 Å². The van der Waals surface area contributed by atoms with Gasteiger partial charge in [-0.25, -0.2) is 4.39 Å². The average molecular weight is 291 g/mol. The van der Waals surface area contributed by atoms with Crippen LogP contribution in [-0.4, -0.2) is 11.7 Å². The van der Waals surface area contributed by atoms with E-state index >= 15 is 0 Å². The molecule has 0 fully saturated rings. The van der Waals surface area contributed by atoms with Crippen molar-refractivity contribution in [2.75, 3.05) is 11.9 Å². The molecule has 0 spiro atoms. The molecule has 1 atom stereocenters. The van der Waals surface area contributed by atoms with Crippen molar-refractivity contribution in [2.24, 2.45) is 0 Å². The average Bonchev–Trinajstić information content (AvgIpc) is 2.47. The molecular formula is C15H12ClFN2O. The van der Waals surface area contributed by atoms with Gasteiger partial charge in [-0.15, -0.1) is 0 Å². The van der Waals surface area contributed by atoms with Crippen molar-refractivity contribution in [3.05, 3.63) is 64.4 Å². The lowest BCUT2D eigenvalue weighted by Gasteiger charge is -2.19. The summed E-state index contributed by atoms with van der Waals surface area (Å²) in [5.41, 5.74) is 1.49. The number of anilines is 1. The van der Waals surface area contributed by atoms with Gasteiger partial charge in [-0.1, -0.05) is 23.7 Å². The maximum Gasteiger partial charge on any atom is 0.124 e. The van der Waals surface area contributed by atoms with E-state index in [4.69, 9.17) is 16.9 Å². The Labute approximate surface area is 121 Å². The number of nitriles is 1. The van der Waals surface area contributed by atoms with Crippen molar-refractivity contribution < 1.29 is 9.50 Å². The minimum Gasteiger partial charge on any atom is -0.394 e. The SMILES string of the molecule is N#Cc1cc(F)ccc1NC(CO)c1ccc(Cl)cc1. The van der Waals surface area contributed by atoms with Gasteiger partial charge in [-0.2, -0.15) is 5.26 Å². The van der Waals surface area contributed by atoms with E-state index in [9.17, 15) is 9.50 Å². The summed E-state index contributed by atoms with van der Waals surface area (Å²) in [5, 5.41) is 22.1. The molecule has 0 bridgehead atoms. The highest BCUT2D eigenvalue weighted by molar-refractivity contribution is 6.30. The van der Waals surface area contributed by atoms with E-state index < -0.39 is 11.9 Å². The molecule has 0 aliphatic rings. The highest BCUT2D eigenvalue weighted by Crippen LogP contribution is 2.24. The number of rotatable bonds is 4. The van der Waals surface area contributed by atoms with Gasteiger partial charge in [0.2, 0.25) is 0 Å². The highest BCUT2D eigenvalue weighted by Gasteiger charge is 2.12. The van der Waals surface area contributed by atoms with Crippen LogP contribution < -0.4 is 5.32 Å². The predicted molar refractivity (Wildman–Crippen MR) is 76.0 cm³/mol. The molecule has 5 heteroatoms. The molecule has 0 radical (unpaired) electrons. The van der Waals surface area contributed by atoms with Crippen LogP contribution in [-0.2, 0) is 0 Å². The zero-order valence-electron chi connectivity index (χ0n) is 10.5. The first-order valence-corrected chi connectivity index (χ1v) is 6.34. The minimum absolute atomic E-state index is 0.163. The first-order chi connectivity index (χ1) is 9.63. The summed E-state index contributed by atoms with van der Waals surface area (Å²) in [7, 11) is 0. The predicted octanol–water partition coefficient (Wildman–Crippen LogP) is 3.50. The zero-order valence-corrected chi connectivity index (χ0v) is 11.2. The molecule has 0 aliphatic heterocycles. The quantitative estimate of drug-likeness (QED) is 0.906. The van der Waals surface area contributed by atoms with Gasteiger partial charge in [-0.05, 0) is 35.9 Å². The van der Waals surface area contributed by atoms with E-state index in [0.717, 1.165) is 11.6 Å². The third kappa shape index (κ3) is 3.27. The van der Waals surface area contributed by atoms with Crippen molar-refractivity contribution in [3.63, 3.8) is 0 Å². The molecule has 0 aromatic heterocycles. The molecule has 102 valence electrons. The van der Waals surface area contributed by atoms with Crippen LogP contribution in [0.25, 0.3) is 0 Å². The Bertz CT molecular complexity index is 637. The first-order valence-electron chi connectivity index (χ1n) is 5.96. The molecule has 0 saturated carbocycles. The van der Waals surface area contributed by atoms with Crippen molar-refractivity contribution in [3.8, 4) is 6.07 Å². The summed E-state index contributed by atoms with van der Waals surface area (Å²) in [6.45, 7) is -0.163. The number of aliphatic hydroxyl groups excluding tert-OH is 1. The monoisotopic (exact) mass is 290 g/mol. The lowest BCUT2D eigenvalue weighted by atomic mass is 10.1. The Morgan fingerprint density at radius 3 is 2.55 bits per heavy atom. The Kier molecular flexibility index (Phi) is 4.57. The van der Waals surface area contributed by atoms with Crippen molar-refractivity contribution in [1.29, 1.82) is 5.26 Å². The summed E-state index contributed by atoms with van der Waals surface area (Å²) in [6.07, 6.45) is 0. The normalized spacial score (nSPS) is 11.7.